The van der Waals surface area contributed by atoms with E-state index in [1.165, 1.54) is 18.2 Å². The molecular weight excluding hydrogens is 357 g/mol. The summed E-state index contributed by atoms with van der Waals surface area (Å²) in [4.78, 5) is 19.5. The Labute approximate surface area is 160 Å². The quantitative estimate of drug-likeness (QED) is 0.513. The number of aromatic nitrogens is 2. The first-order chi connectivity index (χ1) is 13.5. The summed E-state index contributed by atoms with van der Waals surface area (Å²) in [5, 5.41) is 9.33. The number of carboxylic acids is 1. The van der Waals surface area contributed by atoms with Crippen LogP contribution in [0.3, 0.4) is 0 Å². The monoisotopic (exact) mass is 371 g/mol. The first kappa shape index (κ1) is 17.4. The average Bonchev–Trinajstić information content (AvgIpc) is 3.06. The SMILES string of the molecule is [C-]#[N+]c1ccc2c(c1)nc(Cc1ccc(F)cc1)n2-c1cccc(C(=O)O)c1. The second-order valence-corrected chi connectivity index (χ2v) is 6.31. The third-order valence-corrected chi connectivity index (χ3v) is 4.46. The van der Waals surface area contributed by atoms with Crippen LogP contribution in [0.5, 0.6) is 0 Å². The molecule has 4 rings (SSSR count). The summed E-state index contributed by atoms with van der Waals surface area (Å²) in [5.41, 5.74) is 3.60. The van der Waals surface area contributed by atoms with Crippen molar-refractivity contribution in [2.24, 2.45) is 0 Å². The van der Waals surface area contributed by atoms with Gasteiger partial charge in [-0.1, -0.05) is 24.3 Å². The van der Waals surface area contributed by atoms with Crippen molar-refractivity contribution in [1.82, 2.24) is 9.55 Å². The molecule has 0 aliphatic carbocycles. The zero-order chi connectivity index (χ0) is 19.7. The molecular formula is C22H14FN3O2. The highest BCUT2D eigenvalue weighted by atomic mass is 19.1. The molecule has 0 unspecified atom stereocenters. The Hall–Kier alpha value is -3.98. The molecule has 0 aliphatic heterocycles. The van der Waals surface area contributed by atoms with Gasteiger partial charge < -0.3 is 5.11 Å². The fraction of sp³-hybridized carbons (Fsp3) is 0.0455. The van der Waals surface area contributed by atoms with Crippen LogP contribution in [-0.4, -0.2) is 20.6 Å². The number of imidazole rings is 1. The molecule has 1 aromatic heterocycles. The van der Waals surface area contributed by atoms with Gasteiger partial charge in [0.2, 0.25) is 0 Å². The maximum absolute atomic E-state index is 13.2. The number of rotatable bonds is 4. The summed E-state index contributed by atoms with van der Waals surface area (Å²) in [5.74, 6) is -0.652. The van der Waals surface area contributed by atoms with Gasteiger partial charge in [0, 0.05) is 12.1 Å². The number of benzene rings is 3. The Morgan fingerprint density at radius 2 is 1.89 bits per heavy atom. The molecule has 0 spiro atoms. The van der Waals surface area contributed by atoms with E-state index in [0.29, 0.717) is 29.1 Å². The van der Waals surface area contributed by atoms with E-state index in [1.54, 1.807) is 42.5 Å². The normalized spacial score (nSPS) is 10.7. The molecule has 28 heavy (non-hydrogen) atoms. The van der Waals surface area contributed by atoms with Crippen LogP contribution in [0.1, 0.15) is 21.7 Å². The molecule has 0 saturated heterocycles. The van der Waals surface area contributed by atoms with Crippen molar-refractivity contribution in [2.45, 2.75) is 6.42 Å². The second-order valence-electron chi connectivity index (χ2n) is 6.31. The topological polar surface area (TPSA) is 59.5 Å². The zero-order valence-electron chi connectivity index (χ0n) is 14.6. The molecule has 0 fully saturated rings. The van der Waals surface area contributed by atoms with Crippen molar-refractivity contribution >= 4 is 22.7 Å². The molecule has 0 aliphatic rings. The van der Waals surface area contributed by atoms with E-state index in [0.717, 1.165) is 11.1 Å². The first-order valence-corrected chi connectivity index (χ1v) is 8.52. The number of nitrogens with zero attached hydrogens (tertiary/aromatic N) is 3. The third-order valence-electron chi connectivity index (χ3n) is 4.46. The summed E-state index contributed by atoms with van der Waals surface area (Å²) in [6.45, 7) is 7.21. The van der Waals surface area contributed by atoms with E-state index >= 15 is 0 Å². The lowest BCUT2D eigenvalue weighted by atomic mass is 10.1. The second kappa shape index (κ2) is 6.97. The van der Waals surface area contributed by atoms with E-state index < -0.39 is 5.97 Å². The molecule has 3 aromatic carbocycles. The van der Waals surface area contributed by atoms with Crippen LogP contribution in [0.2, 0.25) is 0 Å². The van der Waals surface area contributed by atoms with Crippen LogP contribution in [0.15, 0.2) is 66.7 Å². The summed E-state index contributed by atoms with van der Waals surface area (Å²) >= 11 is 0. The minimum atomic E-state index is -1.01. The molecule has 0 saturated carbocycles. The van der Waals surface area contributed by atoms with E-state index in [2.05, 4.69) is 9.83 Å². The predicted octanol–water partition coefficient (Wildman–Crippen LogP) is 5.00. The summed E-state index contributed by atoms with van der Waals surface area (Å²) in [6.07, 6.45) is 0.430. The number of aromatic carboxylic acids is 1. The van der Waals surface area contributed by atoms with E-state index in [4.69, 9.17) is 6.57 Å². The maximum atomic E-state index is 13.2. The van der Waals surface area contributed by atoms with Crippen molar-refractivity contribution in [3.63, 3.8) is 0 Å². The van der Waals surface area contributed by atoms with Gasteiger partial charge in [0.15, 0.2) is 5.69 Å². The molecule has 1 N–H and O–H groups in total. The highest BCUT2D eigenvalue weighted by Crippen LogP contribution is 2.27. The van der Waals surface area contributed by atoms with Crippen LogP contribution in [-0.2, 0) is 6.42 Å². The lowest BCUT2D eigenvalue weighted by molar-refractivity contribution is 0.0697. The minimum Gasteiger partial charge on any atom is -0.478 e. The van der Waals surface area contributed by atoms with Gasteiger partial charge in [-0.05, 0) is 48.0 Å². The number of fused-ring (bicyclic) bond motifs is 1. The molecule has 0 atom stereocenters. The van der Waals surface area contributed by atoms with Crippen molar-refractivity contribution in [2.75, 3.05) is 0 Å². The Balaban J connectivity index is 1.91. The molecule has 1 heterocycles. The maximum Gasteiger partial charge on any atom is 0.335 e. The lowest BCUT2D eigenvalue weighted by Crippen LogP contribution is -2.04. The molecule has 4 aromatic rings. The van der Waals surface area contributed by atoms with Gasteiger partial charge >= 0.3 is 5.97 Å². The standard InChI is InChI=1S/C22H14FN3O2/c1-24-17-9-10-20-19(13-17)25-21(11-14-5-7-16(23)8-6-14)26(20)18-4-2-3-15(12-18)22(27)28/h2-10,12-13H,11H2,(H,27,28). The zero-order valence-corrected chi connectivity index (χ0v) is 14.6. The molecule has 0 amide bonds. The van der Waals surface area contributed by atoms with Crippen LogP contribution >= 0.6 is 0 Å². The highest BCUT2D eigenvalue weighted by molar-refractivity contribution is 5.89. The van der Waals surface area contributed by atoms with Crippen LogP contribution in [0.4, 0.5) is 10.1 Å². The molecule has 0 radical (unpaired) electrons. The first-order valence-electron chi connectivity index (χ1n) is 8.52. The Kier molecular flexibility index (Phi) is 4.34. The molecule has 5 nitrogen and oxygen atoms in total. The van der Waals surface area contributed by atoms with Crippen molar-refractivity contribution in [3.05, 3.63) is 101 Å². The molecule has 6 heteroatoms. The van der Waals surface area contributed by atoms with Gasteiger partial charge in [-0.15, -0.1) is 0 Å². The third kappa shape index (κ3) is 3.21. The largest absolute Gasteiger partial charge is 0.478 e. The number of halogens is 1. The predicted molar refractivity (Wildman–Crippen MR) is 103 cm³/mol. The van der Waals surface area contributed by atoms with Crippen LogP contribution in [0, 0.1) is 12.4 Å². The van der Waals surface area contributed by atoms with Gasteiger partial charge in [-0.2, -0.15) is 0 Å². The Morgan fingerprint density at radius 3 is 2.61 bits per heavy atom. The van der Waals surface area contributed by atoms with Crippen molar-refractivity contribution < 1.29 is 14.3 Å². The van der Waals surface area contributed by atoms with Gasteiger partial charge in [0.05, 0.1) is 23.2 Å². The average molecular weight is 371 g/mol. The fourth-order valence-electron chi connectivity index (χ4n) is 3.16. The number of carbonyl (C=O) groups is 1. The highest BCUT2D eigenvalue weighted by Gasteiger charge is 2.15. The van der Waals surface area contributed by atoms with Gasteiger partial charge in [0.25, 0.3) is 0 Å². The van der Waals surface area contributed by atoms with E-state index in [-0.39, 0.29) is 11.4 Å². The molecule has 136 valence electrons. The van der Waals surface area contributed by atoms with Gasteiger partial charge in [-0.25, -0.2) is 19.0 Å². The minimum absolute atomic E-state index is 0.171. The lowest BCUT2D eigenvalue weighted by Gasteiger charge is -2.10. The number of hydrogen-bond donors (Lipinski definition) is 1. The van der Waals surface area contributed by atoms with E-state index in [1.807, 2.05) is 10.6 Å². The van der Waals surface area contributed by atoms with Gasteiger partial charge in [0.1, 0.15) is 11.6 Å². The number of hydrogen-bond acceptors (Lipinski definition) is 2. The van der Waals surface area contributed by atoms with Crippen LogP contribution in [0.25, 0.3) is 21.6 Å². The smallest absolute Gasteiger partial charge is 0.335 e. The summed E-state index contributed by atoms with van der Waals surface area (Å²) in [7, 11) is 0. The Bertz CT molecular complexity index is 1240. The summed E-state index contributed by atoms with van der Waals surface area (Å²) < 4.78 is 15.1. The fourth-order valence-corrected chi connectivity index (χ4v) is 3.16. The van der Waals surface area contributed by atoms with Crippen LogP contribution < -0.4 is 0 Å². The molecule has 0 bridgehead atoms. The summed E-state index contributed by atoms with van der Waals surface area (Å²) in [6, 6.07) is 18.0. The van der Waals surface area contributed by atoms with Crippen molar-refractivity contribution in [3.8, 4) is 5.69 Å². The van der Waals surface area contributed by atoms with Gasteiger partial charge in [-0.3, -0.25) is 4.57 Å². The van der Waals surface area contributed by atoms with E-state index in [9.17, 15) is 14.3 Å². The van der Waals surface area contributed by atoms with Crippen molar-refractivity contribution in [1.29, 1.82) is 0 Å². The number of carboxylic acid groups (broad SMARTS) is 1. The Morgan fingerprint density at radius 1 is 1.11 bits per heavy atom.